The molecule has 1 aromatic carbocycles. The van der Waals surface area contributed by atoms with Gasteiger partial charge in [-0.05, 0) is 24.3 Å². The first-order chi connectivity index (χ1) is 8.17. The van der Waals surface area contributed by atoms with Gasteiger partial charge in [0, 0.05) is 5.39 Å². The lowest BCUT2D eigenvalue weighted by molar-refractivity contribution is 0.0699. The molecule has 0 aliphatic heterocycles. The number of carbonyl (C=O) groups is 1. The summed E-state index contributed by atoms with van der Waals surface area (Å²) in [6.07, 6.45) is 0. The topological polar surface area (TPSA) is 83.2 Å². The van der Waals surface area contributed by atoms with Crippen LogP contribution in [0.5, 0.6) is 5.75 Å². The van der Waals surface area contributed by atoms with E-state index in [1.807, 2.05) is 6.07 Å². The van der Waals surface area contributed by atoms with Crippen LogP contribution in [0.1, 0.15) is 16.1 Å². The van der Waals surface area contributed by atoms with Gasteiger partial charge in [0.1, 0.15) is 23.0 Å². The van der Waals surface area contributed by atoms with Crippen molar-refractivity contribution in [1.82, 2.24) is 4.98 Å². The Morgan fingerprint density at radius 3 is 2.76 bits per heavy atom. The van der Waals surface area contributed by atoms with Crippen LogP contribution < -0.4 is 4.74 Å². The Balaban J connectivity index is 2.85. The lowest BCUT2D eigenvalue weighted by Gasteiger charge is -2.07. The molecule has 5 nitrogen and oxygen atoms in total. The number of nitriles is 1. The van der Waals surface area contributed by atoms with Crippen molar-refractivity contribution in [2.24, 2.45) is 0 Å². The van der Waals surface area contributed by atoms with Gasteiger partial charge in [-0.1, -0.05) is 0 Å². The van der Waals surface area contributed by atoms with Crippen molar-refractivity contribution in [2.75, 3.05) is 7.11 Å². The maximum Gasteiger partial charge on any atom is 0.336 e. The third kappa shape index (κ3) is 1.76. The molecule has 0 spiro atoms. The van der Waals surface area contributed by atoms with Gasteiger partial charge < -0.3 is 9.84 Å². The van der Waals surface area contributed by atoms with Gasteiger partial charge in [-0.3, -0.25) is 0 Å². The third-order valence-electron chi connectivity index (χ3n) is 2.39. The van der Waals surface area contributed by atoms with Gasteiger partial charge in [0.2, 0.25) is 0 Å². The first-order valence-corrected chi connectivity index (χ1v) is 4.78. The van der Waals surface area contributed by atoms with E-state index in [2.05, 4.69) is 4.98 Å². The van der Waals surface area contributed by atoms with Crippen LogP contribution >= 0.6 is 0 Å². The van der Waals surface area contributed by atoms with E-state index in [1.54, 1.807) is 6.07 Å². The maximum atomic E-state index is 11.0. The van der Waals surface area contributed by atoms with E-state index < -0.39 is 5.97 Å². The van der Waals surface area contributed by atoms with E-state index in [0.29, 0.717) is 16.7 Å². The summed E-state index contributed by atoms with van der Waals surface area (Å²) in [5.74, 6) is -0.591. The summed E-state index contributed by atoms with van der Waals surface area (Å²) in [5, 5.41) is 18.3. The minimum Gasteiger partial charge on any atom is -0.494 e. The number of benzene rings is 1. The summed E-state index contributed by atoms with van der Waals surface area (Å²) in [5.41, 5.74) is 0.738. The number of pyridine rings is 1. The molecule has 0 fully saturated rings. The molecular formula is C12H8N2O3. The van der Waals surface area contributed by atoms with Gasteiger partial charge in [0.15, 0.2) is 0 Å². The van der Waals surface area contributed by atoms with Crippen LogP contribution in [0.15, 0.2) is 24.3 Å². The molecule has 0 unspecified atom stereocenters. The number of fused-ring (bicyclic) bond motifs is 1. The normalized spacial score (nSPS) is 9.88. The number of aromatic nitrogens is 1. The highest BCUT2D eigenvalue weighted by Gasteiger charge is 2.13. The van der Waals surface area contributed by atoms with E-state index in [-0.39, 0.29) is 11.3 Å². The molecule has 1 aromatic heterocycles. The monoisotopic (exact) mass is 228 g/mol. The maximum absolute atomic E-state index is 11.0. The highest BCUT2D eigenvalue weighted by Crippen LogP contribution is 2.27. The second-order valence-electron chi connectivity index (χ2n) is 3.32. The predicted octanol–water partition coefficient (Wildman–Crippen LogP) is 1.81. The molecule has 84 valence electrons. The summed E-state index contributed by atoms with van der Waals surface area (Å²) >= 11 is 0. The number of aromatic carboxylic acids is 1. The van der Waals surface area contributed by atoms with Crippen molar-refractivity contribution < 1.29 is 14.6 Å². The number of methoxy groups -OCH3 is 1. The average molecular weight is 228 g/mol. The van der Waals surface area contributed by atoms with E-state index in [9.17, 15) is 4.79 Å². The lowest BCUT2D eigenvalue weighted by Crippen LogP contribution is -2.00. The van der Waals surface area contributed by atoms with Gasteiger partial charge >= 0.3 is 5.97 Å². The van der Waals surface area contributed by atoms with Gasteiger partial charge in [0.25, 0.3) is 0 Å². The fraction of sp³-hybridized carbons (Fsp3) is 0.0833. The van der Waals surface area contributed by atoms with Gasteiger partial charge in [-0.25, -0.2) is 9.78 Å². The van der Waals surface area contributed by atoms with Crippen LogP contribution in [0.2, 0.25) is 0 Å². The van der Waals surface area contributed by atoms with Gasteiger partial charge in [-0.15, -0.1) is 0 Å². The summed E-state index contributed by atoms with van der Waals surface area (Å²) in [7, 11) is 1.47. The second-order valence-corrected chi connectivity index (χ2v) is 3.32. The summed E-state index contributed by atoms with van der Waals surface area (Å²) in [4.78, 5) is 15.1. The Bertz CT molecular complexity index is 644. The number of nitrogens with zero attached hydrogens (tertiary/aromatic N) is 2. The molecule has 0 amide bonds. The molecule has 0 bridgehead atoms. The third-order valence-corrected chi connectivity index (χ3v) is 2.39. The van der Waals surface area contributed by atoms with Crippen molar-refractivity contribution in [3.8, 4) is 11.8 Å². The molecular weight excluding hydrogens is 220 g/mol. The predicted molar refractivity (Wildman–Crippen MR) is 60.0 cm³/mol. The number of rotatable bonds is 2. The van der Waals surface area contributed by atoms with E-state index in [4.69, 9.17) is 15.1 Å². The molecule has 0 saturated carbocycles. The fourth-order valence-corrected chi connectivity index (χ4v) is 1.61. The van der Waals surface area contributed by atoms with Crippen molar-refractivity contribution >= 4 is 16.9 Å². The molecule has 17 heavy (non-hydrogen) atoms. The van der Waals surface area contributed by atoms with Crippen LogP contribution in [0.25, 0.3) is 10.9 Å². The van der Waals surface area contributed by atoms with Crippen molar-refractivity contribution in [3.05, 3.63) is 35.5 Å². The molecule has 0 aliphatic carbocycles. The van der Waals surface area contributed by atoms with E-state index in [1.165, 1.54) is 25.3 Å². The van der Waals surface area contributed by atoms with Crippen LogP contribution in [0.3, 0.4) is 0 Å². The summed E-state index contributed by atoms with van der Waals surface area (Å²) < 4.78 is 5.10. The average Bonchev–Trinajstić information content (AvgIpc) is 2.36. The first-order valence-electron chi connectivity index (χ1n) is 4.78. The van der Waals surface area contributed by atoms with Crippen LogP contribution in [-0.2, 0) is 0 Å². The zero-order chi connectivity index (χ0) is 12.4. The molecule has 5 heteroatoms. The Kier molecular flexibility index (Phi) is 2.63. The minimum atomic E-state index is -1.04. The van der Waals surface area contributed by atoms with E-state index in [0.717, 1.165) is 0 Å². The molecule has 0 aliphatic rings. The van der Waals surface area contributed by atoms with Gasteiger partial charge in [-0.2, -0.15) is 5.26 Å². The van der Waals surface area contributed by atoms with Crippen molar-refractivity contribution in [2.45, 2.75) is 0 Å². The van der Waals surface area contributed by atoms with Crippen molar-refractivity contribution in [1.29, 1.82) is 5.26 Å². The Morgan fingerprint density at radius 1 is 1.41 bits per heavy atom. The Morgan fingerprint density at radius 2 is 2.18 bits per heavy atom. The molecule has 2 rings (SSSR count). The SMILES string of the molecule is COc1ccc(C(=O)O)c2ccc(C#N)nc12. The Hall–Kier alpha value is -2.61. The fourth-order valence-electron chi connectivity index (χ4n) is 1.61. The number of ether oxygens (including phenoxy) is 1. The standard InChI is InChI=1S/C12H8N2O3/c1-17-10-5-4-9(12(15)16)8-3-2-7(6-13)14-11(8)10/h2-5H,1H3,(H,15,16). The number of carboxylic acid groups (broad SMARTS) is 1. The number of hydrogen-bond acceptors (Lipinski definition) is 4. The molecule has 0 atom stereocenters. The van der Waals surface area contributed by atoms with E-state index >= 15 is 0 Å². The van der Waals surface area contributed by atoms with Crippen LogP contribution in [0, 0.1) is 11.3 Å². The van der Waals surface area contributed by atoms with Crippen LogP contribution in [-0.4, -0.2) is 23.2 Å². The largest absolute Gasteiger partial charge is 0.494 e. The Labute approximate surface area is 96.9 Å². The lowest BCUT2D eigenvalue weighted by atomic mass is 10.1. The zero-order valence-electron chi connectivity index (χ0n) is 8.97. The molecule has 1 N–H and O–H groups in total. The number of hydrogen-bond donors (Lipinski definition) is 1. The van der Waals surface area contributed by atoms with Crippen molar-refractivity contribution in [3.63, 3.8) is 0 Å². The first kappa shape index (κ1) is 10.9. The molecule has 1 heterocycles. The summed E-state index contributed by atoms with van der Waals surface area (Å²) in [6.45, 7) is 0. The van der Waals surface area contributed by atoms with Crippen LogP contribution in [0.4, 0.5) is 0 Å². The zero-order valence-corrected chi connectivity index (χ0v) is 8.97. The summed E-state index contributed by atoms with van der Waals surface area (Å²) in [6, 6.07) is 7.93. The van der Waals surface area contributed by atoms with Gasteiger partial charge in [0.05, 0.1) is 12.7 Å². The molecule has 2 aromatic rings. The number of carboxylic acids is 1. The quantitative estimate of drug-likeness (QED) is 0.847. The molecule has 0 saturated heterocycles. The molecule has 0 radical (unpaired) electrons. The highest BCUT2D eigenvalue weighted by molar-refractivity contribution is 6.04. The smallest absolute Gasteiger partial charge is 0.336 e. The highest BCUT2D eigenvalue weighted by atomic mass is 16.5. The minimum absolute atomic E-state index is 0.137. The second kappa shape index (κ2) is 4.10.